The lowest BCUT2D eigenvalue weighted by Gasteiger charge is -2.44. The largest absolute Gasteiger partial charge is 0.348 e. The molecule has 37 heavy (non-hydrogen) atoms. The molecular formula is C31H31FN2O2S. The maximum atomic E-state index is 13.6. The summed E-state index contributed by atoms with van der Waals surface area (Å²) in [7, 11) is 0. The van der Waals surface area contributed by atoms with Crippen molar-refractivity contribution in [1.29, 1.82) is 0 Å². The Morgan fingerprint density at radius 2 is 1.78 bits per heavy atom. The van der Waals surface area contributed by atoms with Crippen molar-refractivity contribution >= 4 is 29.7 Å². The summed E-state index contributed by atoms with van der Waals surface area (Å²) in [5.74, 6) is -0.400. The zero-order chi connectivity index (χ0) is 25.8. The quantitative estimate of drug-likeness (QED) is 0.383. The Morgan fingerprint density at radius 3 is 2.54 bits per heavy atom. The third-order valence-corrected chi connectivity index (χ3v) is 8.49. The van der Waals surface area contributed by atoms with E-state index in [4.69, 9.17) is 0 Å². The Balaban J connectivity index is 1.29. The van der Waals surface area contributed by atoms with Gasteiger partial charge in [-0.05, 0) is 66.8 Å². The second kappa shape index (κ2) is 11.3. The fourth-order valence-corrected chi connectivity index (χ4v) is 6.61. The van der Waals surface area contributed by atoms with Gasteiger partial charge in [0.2, 0.25) is 0 Å². The summed E-state index contributed by atoms with van der Waals surface area (Å²) in [6, 6.07) is 22.1. The van der Waals surface area contributed by atoms with Gasteiger partial charge in [0, 0.05) is 29.9 Å². The van der Waals surface area contributed by atoms with E-state index >= 15 is 0 Å². The summed E-state index contributed by atoms with van der Waals surface area (Å²) >= 11 is 1.72. The second-order valence-corrected chi connectivity index (χ2v) is 11.2. The van der Waals surface area contributed by atoms with E-state index in [-0.39, 0.29) is 23.7 Å². The van der Waals surface area contributed by atoms with Crippen LogP contribution in [0.1, 0.15) is 58.3 Å². The van der Waals surface area contributed by atoms with Gasteiger partial charge in [-0.15, -0.1) is 11.8 Å². The van der Waals surface area contributed by atoms with E-state index < -0.39 is 0 Å². The number of nitrogens with zero attached hydrogens (tertiary/aromatic N) is 1. The fraction of sp³-hybridized carbons (Fsp3) is 0.290. The number of hydrogen-bond acceptors (Lipinski definition) is 3. The zero-order valence-corrected chi connectivity index (χ0v) is 21.8. The molecule has 1 heterocycles. The zero-order valence-electron chi connectivity index (χ0n) is 21.0. The lowest BCUT2D eigenvalue weighted by Crippen LogP contribution is -2.50. The number of amides is 2. The summed E-state index contributed by atoms with van der Waals surface area (Å²) < 4.78 is 13.1. The third kappa shape index (κ3) is 6.13. The van der Waals surface area contributed by atoms with E-state index in [9.17, 15) is 14.0 Å². The molecule has 2 atom stereocenters. The number of rotatable bonds is 6. The van der Waals surface area contributed by atoms with Crippen LogP contribution in [0.3, 0.4) is 0 Å². The number of halogens is 1. The molecule has 3 aromatic rings. The van der Waals surface area contributed by atoms with Gasteiger partial charge >= 0.3 is 0 Å². The standard InChI is InChI=1S/C31H31FN2O2S/c1-21-5-4-6-24(17-21)20-34-27-7-2-3-8-28(27)37-29(31(34)36)18-22-9-13-25(14-10-22)30(35)33-19-23-11-15-26(32)16-12-23/h4-6,9-18,27-28H,2-3,7-8,19-20H2,1H3,(H,33,35)/b29-18+. The summed E-state index contributed by atoms with van der Waals surface area (Å²) in [5, 5.41) is 3.28. The van der Waals surface area contributed by atoms with Crippen LogP contribution in [-0.2, 0) is 17.9 Å². The molecule has 190 valence electrons. The molecule has 2 fully saturated rings. The van der Waals surface area contributed by atoms with E-state index in [0.717, 1.165) is 28.9 Å². The summed E-state index contributed by atoms with van der Waals surface area (Å²) in [6.45, 7) is 3.04. The molecule has 6 heteroatoms. The molecule has 0 spiro atoms. The maximum absolute atomic E-state index is 13.6. The van der Waals surface area contributed by atoms with Crippen LogP contribution < -0.4 is 5.32 Å². The van der Waals surface area contributed by atoms with Crippen LogP contribution in [0.25, 0.3) is 6.08 Å². The lowest BCUT2D eigenvalue weighted by molar-refractivity contribution is -0.130. The minimum absolute atomic E-state index is 0.0933. The van der Waals surface area contributed by atoms with Gasteiger partial charge in [-0.1, -0.05) is 66.9 Å². The lowest BCUT2D eigenvalue weighted by atomic mass is 9.92. The van der Waals surface area contributed by atoms with Gasteiger partial charge in [-0.3, -0.25) is 9.59 Å². The van der Waals surface area contributed by atoms with Gasteiger partial charge in [0.1, 0.15) is 5.82 Å². The van der Waals surface area contributed by atoms with E-state index in [2.05, 4.69) is 41.4 Å². The SMILES string of the molecule is Cc1cccc(CN2C(=O)/C(=C\c3ccc(C(=O)NCc4ccc(F)cc4)cc3)SC3CCCCC32)c1. The minimum Gasteiger partial charge on any atom is -0.348 e. The molecule has 3 aromatic carbocycles. The molecular weight excluding hydrogens is 483 g/mol. The van der Waals surface area contributed by atoms with E-state index in [0.29, 0.717) is 23.9 Å². The number of thioether (sulfide) groups is 1. The van der Waals surface area contributed by atoms with Crippen LogP contribution in [-0.4, -0.2) is 28.0 Å². The molecule has 0 aromatic heterocycles. The number of hydrogen-bond donors (Lipinski definition) is 1. The Bertz CT molecular complexity index is 1300. The Labute approximate surface area is 222 Å². The van der Waals surface area contributed by atoms with Gasteiger partial charge in [-0.25, -0.2) is 4.39 Å². The molecule has 1 N–H and O–H groups in total. The van der Waals surface area contributed by atoms with Crippen molar-refractivity contribution in [1.82, 2.24) is 10.2 Å². The number of carbonyl (C=O) groups is 2. The number of carbonyl (C=O) groups excluding carboxylic acids is 2. The average molecular weight is 515 g/mol. The highest BCUT2D eigenvalue weighted by atomic mass is 32.2. The van der Waals surface area contributed by atoms with E-state index in [1.807, 2.05) is 18.2 Å². The summed E-state index contributed by atoms with van der Waals surface area (Å²) in [5.41, 5.74) is 4.64. The number of fused-ring (bicyclic) bond motifs is 1. The topological polar surface area (TPSA) is 49.4 Å². The Morgan fingerprint density at radius 1 is 1.03 bits per heavy atom. The third-order valence-electron chi connectivity index (χ3n) is 7.09. The average Bonchev–Trinajstić information content (AvgIpc) is 2.91. The summed E-state index contributed by atoms with van der Waals surface area (Å²) in [6.07, 6.45) is 6.52. The van der Waals surface area contributed by atoms with Crippen molar-refractivity contribution in [3.63, 3.8) is 0 Å². The molecule has 1 saturated carbocycles. The molecule has 0 bridgehead atoms. The Kier molecular flexibility index (Phi) is 7.75. The predicted molar refractivity (Wildman–Crippen MR) is 147 cm³/mol. The monoisotopic (exact) mass is 514 g/mol. The number of aryl methyl sites for hydroxylation is 1. The first-order valence-corrected chi connectivity index (χ1v) is 13.7. The molecule has 2 aliphatic rings. The first kappa shape index (κ1) is 25.3. The van der Waals surface area contributed by atoms with Crippen LogP contribution in [0.2, 0.25) is 0 Å². The van der Waals surface area contributed by atoms with Crippen molar-refractivity contribution in [3.8, 4) is 0 Å². The first-order chi connectivity index (χ1) is 18.0. The Hall–Kier alpha value is -3.38. The highest BCUT2D eigenvalue weighted by molar-refractivity contribution is 8.04. The molecule has 1 aliphatic carbocycles. The van der Waals surface area contributed by atoms with Gasteiger partial charge in [0.15, 0.2) is 0 Å². The van der Waals surface area contributed by atoms with Gasteiger partial charge in [0.05, 0.1) is 4.91 Å². The van der Waals surface area contributed by atoms with Crippen LogP contribution in [0.5, 0.6) is 0 Å². The van der Waals surface area contributed by atoms with Crippen molar-refractivity contribution in [2.45, 2.75) is 57.0 Å². The molecule has 2 amide bonds. The molecule has 5 rings (SSSR count). The van der Waals surface area contributed by atoms with Crippen molar-refractivity contribution in [2.24, 2.45) is 0 Å². The van der Waals surface area contributed by atoms with Crippen LogP contribution >= 0.6 is 11.8 Å². The van der Waals surface area contributed by atoms with Crippen LogP contribution in [0.15, 0.2) is 77.7 Å². The van der Waals surface area contributed by atoms with Crippen LogP contribution in [0, 0.1) is 12.7 Å². The van der Waals surface area contributed by atoms with Crippen molar-refractivity contribution < 1.29 is 14.0 Å². The maximum Gasteiger partial charge on any atom is 0.260 e. The fourth-order valence-electron chi connectivity index (χ4n) is 5.14. The molecule has 1 saturated heterocycles. The minimum atomic E-state index is -0.299. The molecule has 2 unspecified atom stereocenters. The second-order valence-electron chi connectivity index (χ2n) is 9.87. The van der Waals surface area contributed by atoms with Crippen LogP contribution in [0.4, 0.5) is 4.39 Å². The molecule has 1 aliphatic heterocycles. The van der Waals surface area contributed by atoms with Gasteiger partial charge < -0.3 is 10.2 Å². The van der Waals surface area contributed by atoms with E-state index in [1.54, 1.807) is 36.0 Å². The molecule has 0 radical (unpaired) electrons. The number of nitrogens with one attached hydrogen (secondary N) is 1. The predicted octanol–water partition coefficient (Wildman–Crippen LogP) is 6.49. The van der Waals surface area contributed by atoms with E-state index in [1.165, 1.54) is 36.1 Å². The van der Waals surface area contributed by atoms with Gasteiger partial charge in [-0.2, -0.15) is 0 Å². The smallest absolute Gasteiger partial charge is 0.260 e. The molecule has 4 nitrogen and oxygen atoms in total. The summed E-state index contributed by atoms with van der Waals surface area (Å²) in [4.78, 5) is 29.1. The highest BCUT2D eigenvalue weighted by Crippen LogP contribution is 2.42. The van der Waals surface area contributed by atoms with Crippen molar-refractivity contribution in [2.75, 3.05) is 0 Å². The van der Waals surface area contributed by atoms with Crippen molar-refractivity contribution in [3.05, 3.63) is 111 Å². The normalized spacial score (nSPS) is 20.5. The van der Waals surface area contributed by atoms with Gasteiger partial charge in [0.25, 0.3) is 11.8 Å². The first-order valence-electron chi connectivity index (χ1n) is 12.8. The highest BCUT2D eigenvalue weighted by Gasteiger charge is 2.40. The number of benzene rings is 3.